The molecule has 0 aliphatic rings. The summed E-state index contributed by atoms with van der Waals surface area (Å²) in [4.78, 5) is 0. The van der Waals surface area contributed by atoms with E-state index in [2.05, 4.69) is 158 Å². The molecular weight excluding hydrogens is 534 g/mol. The molecule has 9 aromatic rings. The van der Waals surface area contributed by atoms with Crippen LogP contribution in [0.25, 0.3) is 87.7 Å². The molecule has 212 valence electrons. The van der Waals surface area contributed by atoms with Gasteiger partial charge in [0, 0.05) is 86.6 Å². The van der Waals surface area contributed by atoms with E-state index in [1.807, 2.05) is 0 Å². The number of fused-ring (bicyclic) bond motifs is 9. The van der Waals surface area contributed by atoms with Crippen molar-refractivity contribution < 1.29 is 0 Å². The SMILES string of the molecule is Cc1ccc2c3cc(-c4ccc5c(c4)c4cc(-c6ccc7c(c6)c6ccc(C)cc6n7C)ccc4n5C)ccc3n(C)c2c1. The van der Waals surface area contributed by atoms with Crippen molar-refractivity contribution in [3.8, 4) is 22.3 Å². The maximum absolute atomic E-state index is 2.38. The first-order valence-electron chi connectivity index (χ1n) is 15.4. The Morgan fingerprint density at radius 1 is 0.295 bits per heavy atom. The van der Waals surface area contributed by atoms with Crippen molar-refractivity contribution in [3.63, 3.8) is 0 Å². The van der Waals surface area contributed by atoms with Crippen LogP contribution in [0.4, 0.5) is 0 Å². The van der Waals surface area contributed by atoms with Crippen LogP contribution in [0, 0.1) is 13.8 Å². The molecule has 0 saturated heterocycles. The summed E-state index contributed by atoms with van der Waals surface area (Å²) in [6.07, 6.45) is 0. The van der Waals surface area contributed by atoms with Gasteiger partial charge in [-0.15, -0.1) is 0 Å². The third-order valence-corrected chi connectivity index (χ3v) is 10.00. The number of hydrogen-bond donors (Lipinski definition) is 0. The van der Waals surface area contributed by atoms with Gasteiger partial charge in [-0.3, -0.25) is 0 Å². The maximum atomic E-state index is 2.38. The maximum Gasteiger partial charge on any atom is 0.0491 e. The van der Waals surface area contributed by atoms with E-state index >= 15 is 0 Å². The third-order valence-electron chi connectivity index (χ3n) is 10.00. The van der Waals surface area contributed by atoms with Gasteiger partial charge in [0.25, 0.3) is 0 Å². The van der Waals surface area contributed by atoms with Gasteiger partial charge in [0.1, 0.15) is 0 Å². The molecular formula is C41H33N3. The highest BCUT2D eigenvalue weighted by Crippen LogP contribution is 2.38. The third kappa shape index (κ3) is 3.44. The molecule has 3 heterocycles. The van der Waals surface area contributed by atoms with Crippen molar-refractivity contribution in [2.45, 2.75) is 13.8 Å². The molecule has 0 aliphatic carbocycles. The molecule has 0 saturated carbocycles. The molecule has 0 unspecified atom stereocenters. The molecule has 0 N–H and O–H groups in total. The number of aromatic nitrogens is 3. The lowest BCUT2D eigenvalue weighted by Crippen LogP contribution is -1.87. The van der Waals surface area contributed by atoms with Crippen LogP contribution in [0.15, 0.2) is 109 Å². The molecule has 0 fully saturated rings. The fraction of sp³-hybridized carbons (Fsp3) is 0.122. The highest BCUT2D eigenvalue weighted by Gasteiger charge is 2.15. The lowest BCUT2D eigenvalue weighted by molar-refractivity contribution is 1.01. The first kappa shape index (κ1) is 25.2. The van der Waals surface area contributed by atoms with Crippen molar-refractivity contribution in [1.29, 1.82) is 0 Å². The zero-order chi connectivity index (χ0) is 29.9. The first-order valence-corrected chi connectivity index (χ1v) is 15.4. The summed E-state index contributed by atoms with van der Waals surface area (Å²) in [6.45, 7) is 4.33. The van der Waals surface area contributed by atoms with E-state index in [1.54, 1.807) is 0 Å². The van der Waals surface area contributed by atoms with E-state index in [0.29, 0.717) is 0 Å². The zero-order valence-corrected chi connectivity index (χ0v) is 25.7. The summed E-state index contributed by atoms with van der Waals surface area (Å²) in [5.74, 6) is 0. The van der Waals surface area contributed by atoms with Gasteiger partial charge in [-0.05, 0) is 108 Å². The highest BCUT2D eigenvalue weighted by molar-refractivity contribution is 6.13. The van der Waals surface area contributed by atoms with Gasteiger partial charge in [-0.2, -0.15) is 0 Å². The van der Waals surface area contributed by atoms with E-state index in [4.69, 9.17) is 0 Å². The minimum atomic E-state index is 1.24. The highest BCUT2D eigenvalue weighted by atomic mass is 14.9. The Morgan fingerprint density at radius 2 is 0.591 bits per heavy atom. The van der Waals surface area contributed by atoms with Crippen LogP contribution in [-0.4, -0.2) is 13.7 Å². The number of hydrogen-bond acceptors (Lipinski definition) is 0. The van der Waals surface area contributed by atoms with Crippen molar-refractivity contribution in [2.24, 2.45) is 21.1 Å². The van der Waals surface area contributed by atoms with Crippen LogP contribution in [0.1, 0.15) is 11.1 Å². The van der Waals surface area contributed by atoms with Crippen molar-refractivity contribution in [2.75, 3.05) is 0 Å². The Balaban J connectivity index is 1.21. The van der Waals surface area contributed by atoms with E-state index in [1.165, 1.54) is 98.8 Å². The van der Waals surface area contributed by atoms with Gasteiger partial charge < -0.3 is 13.7 Å². The Morgan fingerprint density at radius 3 is 0.932 bits per heavy atom. The van der Waals surface area contributed by atoms with Crippen LogP contribution >= 0.6 is 0 Å². The minimum Gasteiger partial charge on any atom is -0.344 e. The van der Waals surface area contributed by atoms with Gasteiger partial charge >= 0.3 is 0 Å². The second-order valence-corrected chi connectivity index (χ2v) is 12.6. The lowest BCUT2D eigenvalue weighted by Gasteiger charge is -2.06. The number of aryl methyl sites for hydroxylation is 5. The van der Waals surface area contributed by atoms with Gasteiger partial charge in [0.05, 0.1) is 0 Å². The summed E-state index contributed by atoms with van der Waals surface area (Å²) < 4.78 is 6.95. The minimum absolute atomic E-state index is 1.24. The molecule has 0 bridgehead atoms. The Bertz CT molecular complexity index is 2470. The predicted octanol–water partition coefficient (Wildman–Crippen LogP) is 10.6. The van der Waals surface area contributed by atoms with Crippen LogP contribution in [0.3, 0.4) is 0 Å². The van der Waals surface area contributed by atoms with Crippen LogP contribution in [-0.2, 0) is 21.1 Å². The van der Waals surface area contributed by atoms with Gasteiger partial charge in [0.2, 0.25) is 0 Å². The fourth-order valence-corrected chi connectivity index (χ4v) is 7.58. The molecule has 3 nitrogen and oxygen atoms in total. The van der Waals surface area contributed by atoms with Crippen molar-refractivity contribution in [3.05, 3.63) is 120 Å². The van der Waals surface area contributed by atoms with Crippen molar-refractivity contribution >= 4 is 65.4 Å². The Hall–Kier alpha value is -5.28. The molecule has 3 heteroatoms. The van der Waals surface area contributed by atoms with Crippen LogP contribution < -0.4 is 0 Å². The molecule has 0 spiro atoms. The molecule has 0 radical (unpaired) electrons. The first-order chi connectivity index (χ1) is 21.4. The number of rotatable bonds is 2. The molecule has 3 aromatic heterocycles. The monoisotopic (exact) mass is 567 g/mol. The predicted molar refractivity (Wildman–Crippen MR) is 189 cm³/mol. The van der Waals surface area contributed by atoms with E-state index in [9.17, 15) is 0 Å². The second kappa shape index (κ2) is 8.87. The Labute approximate surface area is 256 Å². The van der Waals surface area contributed by atoms with Gasteiger partial charge in [-0.1, -0.05) is 48.5 Å². The zero-order valence-electron chi connectivity index (χ0n) is 25.7. The lowest BCUT2D eigenvalue weighted by atomic mass is 9.98. The van der Waals surface area contributed by atoms with Gasteiger partial charge in [-0.25, -0.2) is 0 Å². The standard InChI is InChI=1S/C41H33N3/c1-24-6-12-30-32-20-26(8-14-36(32)43(4)40(30)18-24)28-10-16-38-34(22-28)35-23-29(11-17-39(35)42(38)3)27-9-15-37-33(21-27)31-13-7-25(2)19-41(31)44(37)5/h6-23H,1-5H3. The average Bonchev–Trinajstić information content (AvgIpc) is 3.60. The topological polar surface area (TPSA) is 14.8 Å². The van der Waals surface area contributed by atoms with Gasteiger partial charge in [0.15, 0.2) is 0 Å². The summed E-state index contributed by atoms with van der Waals surface area (Å²) in [6, 6.07) is 41.2. The molecule has 6 aromatic carbocycles. The van der Waals surface area contributed by atoms with Crippen molar-refractivity contribution in [1.82, 2.24) is 13.7 Å². The average molecular weight is 568 g/mol. The molecule has 0 aliphatic heterocycles. The van der Waals surface area contributed by atoms with Crippen LogP contribution in [0.5, 0.6) is 0 Å². The largest absolute Gasteiger partial charge is 0.344 e. The summed E-state index contributed by atoms with van der Waals surface area (Å²) in [5.41, 5.74) is 15.2. The molecule has 0 amide bonds. The fourth-order valence-electron chi connectivity index (χ4n) is 7.58. The number of nitrogens with zero attached hydrogens (tertiary/aromatic N) is 3. The smallest absolute Gasteiger partial charge is 0.0491 e. The molecule has 9 rings (SSSR count). The molecule has 44 heavy (non-hydrogen) atoms. The summed E-state index contributed by atoms with van der Waals surface area (Å²) in [5, 5.41) is 7.81. The quantitative estimate of drug-likeness (QED) is 0.197. The van der Waals surface area contributed by atoms with E-state index in [-0.39, 0.29) is 0 Å². The van der Waals surface area contributed by atoms with Crippen LogP contribution in [0.2, 0.25) is 0 Å². The molecule has 0 atom stereocenters. The second-order valence-electron chi connectivity index (χ2n) is 12.6. The summed E-state index contributed by atoms with van der Waals surface area (Å²) >= 11 is 0. The van der Waals surface area contributed by atoms with E-state index < -0.39 is 0 Å². The normalized spacial score (nSPS) is 12.2. The van der Waals surface area contributed by atoms with E-state index in [0.717, 1.165) is 0 Å². The Kier molecular flexibility index (Phi) is 5.09. The summed E-state index contributed by atoms with van der Waals surface area (Å²) in [7, 11) is 6.52. The number of benzene rings is 6.